The molecule has 9 heteroatoms. The molecule has 2 aromatic heterocycles. The van der Waals surface area contributed by atoms with Crippen LogP contribution in [0.4, 0.5) is 0 Å². The van der Waals surface area contributed by atoms with Crippen molar-refractivity contribution >= 4 is 62.4 Å². The van der Waals surface area contributed by atoms with Crippen LogP contribution in [0.5, 0.6) is 0 Å². The van der Waals surface area contributed by atoms with Crippen LogP contribution in [0.25, 0.3) is 10.2 Å². The summed E-state index contributed by atoms with van der Waals surface area (Å²) in [6.45, 7) is 5.78. The van der Waals surface area contributed by atoms with Gasteiger partial charge in [-0.25, -0.2) is 4.98 Å². The second-order valence-corrected chi connectivity index (χ2v) is 9.43. The Balaban J connectivity index is 1.71. The van der Waals surface area contributed by atoms with Gasteiger partial charge >= 0.3 is 0 Å². The Bertz CT molecular complexity index is 1120. The summed E-state index contributed by atoms with van der Waals surface area (Å²) in [5, 5.41) is 5.03. The number of hydrogen-bond donors (Lipinski definition) is 1. The van der Waals surface area contributed by atoms with Gasteiger partial charge in [0.05, 0.1) is 27.2 Å². The number of amides is 1. The van der Waals surface area contributed by atoms with Gasteiger partial charge in [0.2, 0.25) is 5.91 Å². The first kappa shape index (κ1) is 21.2. The van der Waals surface area contributed by atoms with Crippen molar-refractivity contribution in [2.45, 2.75) is 32.0 Å². The smallest absolute Gasteiger partial charge is 0.262 e. The fourth-order valence-electron chi connectivity index (χ4n) is 2.76. The second-order valence-electron chi connectivity index (χ2n) is 6.47. The van der Waals surface area contributed by atoms with E-state index in [-0.39, 0.29) is 23.3 Å². The maximum Gasteiger partial charge on any atom is 0.262 e. The van der Waals surface area contributed by atoms with E-state index in [1.54, 1.807) is 19.2 Å². The number of hydrogen-bond acceptors (Lipinski definition) is 5. The van der Waals surface area contributed by atoms with Crippen molar-refractivity contribution < 1.29 is 4.79 Å². The third-order valence-electron chi connectivity index (χ3n) is 4.52. The van der Waals surface area contributed by atoms with E-state index < -0.39 is 0 Å². The maximum atomic E-state index is 12.6. The molecular weight excluding hydrogens is 437 g/mol. The normalized spacial score (nSPS) is 12.4. The number of fused-ring (bicyclic) bond motifs is 1. The average molecular weight is 456 g/mol. The van der Waals surface area contributed by atoms with E-state index >= 15 is 0 Å². The predicted molar refractivity (Wildman–Crippen MR) is 118 cm³/mol. The summed E-state index contributed by atoms with van der Waals surface area (Å²) >= 11 is 14.7. The van der Waals surface area contributed by atoms with E-state index in [0.717, 1.165) is 16.0 Å². The highest BCUT2D eigenvalue weighted by atomic mass is 35.5. The quantitative estimate of drug-likeness (QED) is 0.439. The highest BCUT2D eigenvalue weighted by Gasteiger charge is 2.17. The van der Waals surface area contributed by atoms with Gasteiger partial charge < -0.3 is 5.32 Å². The summed E-state index contributed by atoms with van der Waals surface area (Å²) < 4.78 is 1.50. The fraction of sp³-hybridized carbons (Fsp3) is 0.316. The van der Waals surface area contributed by atoms with E-state index in [0.29, 0.717) is 25.4 Å². The number of nitrogens with zero attached hydrogens (tertiary/aromatic N) is 2. The predicted octanol–water partition coefficient (Wildman–Crippen LogP) is 4.89. The molecule has 1 aromatic carbocycles. The third-order valence-corrected chi connectivity index (χ3v) is 7.39. The van der Waals surface area contributed by atoms with Crippen molar-refractivity contribution in [3.8, 4) is 0 Å². The average Bonchev–Trinajstić information content (AvgIpc) is 2.93. The molecule has 1 unspecified atom stereocenters. The Morgan fingerprint density at radius 3 is 2.71 bits per heavy atom. The lowest BCUT2D eigenvalue weighted by atomic mass is 10.1. The summed E-state index contributed by atoms with van der Waals surface area (Å²) in [7, 11) is 1.68. The van der Waals surface area contributed by atoms with Crippen LogP contribution in [-0.2, 0) is 11.8 Å². The first-order valence-electron chi connectivity index (χ1n) is 8.53. The molecule has 0 fully saturated rings. The van der Waals surface area contributed by atoms with E-state index in [2.05, 4.69) is 10.3 Å². The molecule has 0 radical (unpaired) electrons. The van der Waals surface area contributed by atoms with Gasteiger partial charge in [-0.05, 0) is 44.0 Å². The highest BCUT2D eigenvalue weighted by Crippen LogP contribution is 2.28. The minimum absolute atomic E-state index is 0.0843. The van der Waals surface area contributed by atoms with Gasteiger partial charge in [-0.3, -0.25) is 14.2 Å². The van der Waals surface area contributed by atoms with Crippen LogP contribution in [0.15, 0.2) is 28.2 Å². The lowest BCUT2D eigenvalue weighted by molar-refractivity contribution is -0.119. The van der Waals surface area contributed by atoms with E-state index in [1.165, 1.54) is 27.7 Å². The zero-order chi connectivity index (χ0) is 20.6. The van der Waals surface area contributed by atoms with E-state index in [9.17, 15) is 9.59 Å². The molecule has 0 bridgehead atoms. The Morgan fingerprint density at radius 2 is 2.04 bits per heavy atom. The summed E-state index contributed by atoms with van der Waals surface area (Å²) in [6, 6.07) is 5.05. The number of carbonyl (C=O) groups is 1. The molecule has 5 nitrogen and oxygen atoms in total. The molecule has 3 rings (SSSR count). The van der Waals surface area contributed by atoms with E-state index in [4.69, 9.17) is 23.2 Å². The van der Waals surface area contributed by atoms with E-state index in [1.807, 2.05) is 26.8 Å². The Kier molecular flexibility index (Phi) is 6.39. The van der Waals surface area contributed by atoms with Crippen molar-refractivity contribution in [3.05, 3.63) is 54.6 Å². The standard InChI is InChI=1S/C19H19Cl2N3O2S2/c1-9-11(3)28-17-16(9)18(26)24(4)19(23-17)27-8-15(25)22-10(2)12-5-6-13(20)14(21)7-12/h5-7,10H,8H2,1-4H3,(H,22,25). The van der Waals surface area contributed by atoms with Crippen LogP contribution in [0.1, 0.15) is 29.0 Å². The highest BCUT2D eigenvalue weighted by molar-refractivity contribution is 7.99. The minimum atomic E-state index is -0.218. The number of thiophene rings is 1. The SMILES string of the molecule is Cc1sc2nc(SCC(=O)NC(C)c3ccc(Cl)c(Cl)c3)n(C)c(=O)c2c1C. The number of benzene rings is 1. The van der Waals surface area contributed by atoms with Crippen molar-refractivity contribution in [2.24, 2.45) is 7.05 Å². The van der Waals surface area contributed by atoms with Crippen molar-refractivity contribution in [3.63, 3.8) is 0 Å². The fourth-order valence-corrected chi connectivity index (χ4v) is 4.92. The third kappa shape index (κ3) is 4.22. The van der Waals surface area contributed by atoms with Crippen LogP contribution >= 0.6 is 46.3 Å². The van der Waals surface area contributed by atoms with Crippen molar-refractivity contribution in [1.29, 1.82) is 0 Å². The molecule has 1 atom stereocenters. The molecule has 0 aliphatic carbocycles. The first-order chi connectivity index (χ1) is 13.2. The maximum absolute atomic E-state index is 12.6. The Labute approximate surface area is 181 Å². The molecule has 0 aliphatic heterocycles. The minimum Gasteiger partial charge on any atom is -0.349 e. The largest absolute Gasteiger partial charge is 0.349 e. The molecule has 0 saturated carbocycles. The topological polar surface area (TPSA) is 64.0 Å². The molecule has 0 saturated heterocycles. The lowest BCUT2D eigenvalue weighted by Gasteiger charge is -2.15. The summed E-state index contributed by atoms with van der Waals surface area (Å²) in [5.41, 5.74) is 1.75. The zero-order valence-corrected chi connectivity index (χ0v) is 18.9. The molecule has 0 aliphatic rings. The van der Waals surface area contributed by atoms with Gasteiger partial charge in [0, 0.05) is 11.9 Å². The number of nitrogens with one attached hydrogen (secondary N) is 1. The molecule has 1 amide bonds. The summed E-state index contributed by atoms with van der Waals surface area (Å²) in [6.07, 6.45) is 0. The molecule has 148 valence electrons. The van der Waals surface area contributed by atoms with Gasteiger partial charge in [0.1, 0.15) is 4.83 Å². The van der Waals surface area contributed by atoms with Crippen LogP contribution in [0, 0.1) is 13.8 Å². The summed E-state index contributed by atoms with van der Waals surface area (Å²) in [4.78, 5) is 31.4. The van der Waals surface area contributed by atoms with Crippen molar-refractivity contribution in [1.82, 2.24) is 14.9 Å². The van der Waals surface area contributed by atoms with Gasteiger partial charge in [-0.15, -0.1) is 11.3 Å². The summed E-state index contributed by atoms with van der Waals surface area (Å²) in [5.74, 6) is -0.00250. The number of rotatable bonds is 5. The number of thioether (sulfide) groups is 1. The van der Waals surface area contributed by atoms with Crippen molar-refractivity contribution in [2.75, 3.05) is 5.75 Å². The molecule has 1 N–H and O–H groups in total. The van der Waals surface area contributed by atoms with Gasteiger partial charge in [-0.2, -0.15) is 0 Å². The Morgan fingerprint density at radius 1 is 1.32 bits per heavy atom. The van der Waals surface area contributed by atoms with Gasteiger partial charge in [0.15, 0.2) is 5.16 Å². The number of halogens is 2. The molecule has 3 aromatic rings. The molecule has 2 heterocycles. The number of carbonyl (C=O) groups excluding carboxylic acids is 1. The van der Waals surface area contributed by atoms with Gasteiger partial charge in [-0.1, -0.05) is 41.0 Å². The van der Waals surface area contributed by atoms with Crippen LogP contribution < -0.4 is 10.9 Å². The van der Waals surface area contributed by atoms with Crippen LogP contribution in [0.2, 0.25) is 10.0 Å². The molecule has 0 spiro atoms. The van der Waals surface area contributed by atoms with Crippen LogP contribution in [0.3, 0.4) is 0 Å². The van der Waals surface area contributed by atoms with Crippen LogP contribution in [-0.4, -0.2) is 21.2 Å². The number of aromatic nitrogens is 2. The Hall–Kier alpha value is -1.54. The molecule has 28 heavy (non-hydrogen) atoms. The monoisotopic (exact) mass is 455 g/mol. The van der Waals surface area contributed by atoms with Gasteiger partial charge in [0.25, 0.3) is 5.56 Å². The zero-order valence-electron chi connectivity index (χ0n) is 15.8. The number of aryl methyl sites for hydroxylation is 2. The first-order valence-corrected chi connectivity index (χ1v) is 11.1. The lowest BCUT2D eigenvalue weighted by Crippen LogP contribution is -2.28. The molecular formula is C19H19Cl2N3O2S2. The second kappa shape index (κ2) is 8.45.